The van der Waals surface area contributed by atoms with Crippen molar-refractivity contribution in [2.24, 2.45) is 0 Å². The van der Waals surface area contributed by atoms with Gasteiger partial charge < -0.3 is 4.74 Å². The lowest BCUT2D eigenvalue weighted by Gasteiger charge is -2.21. The Labute approximate surface area is 56.2 Å². The first kappa shape index (κ1) is 7.13. The van der Waals surface area contributed by atoms with Gasteiger partial charge in [-0.1, -0.05) is 4.57 Å². The number of nitrogens with zero attached hydrogens (tertiary/aromatic N) is 1. The smallest absolute Gasteiger partial charge is 0.340 e. The molecule has 0 aliphatic carbocycles. The van der Waals surface area contributed by atoms with Crippen molar-refractivity contribution in [1.29, 1.82) is 0 Å². The molecule has 1 heterocycles. The highest BCUT2D eigenvalue weighted by molar-refractivity contribution is 7.23. The molecule has 9 heavy (non-hydrogen) atoms. The first-order chi connectivity index (χ1) is 4.43. The van der Waals surface area contributed by atoms with Gasteiger partial charge in [0.1, 0.15) is 0 Å². The van der Waals surface area contributed by atoms with Crippen LogP contribution in [0.3, 0.4) is 0 Å². The normalized spacial score (nSPS) is 22.7. The zero-order chi connectivity index (χ0) is 6.53. The van der Waals surface area contributed by atoms with Gasteiger partial charge in [0, 0.05) is 13.1 Å². The van der Waals surface area contributed by atoms with Gasteiger partial charge in [-0.05, 0) is 0 Å². The van der Waals surface area contributed by atoms with E-state index in [0.717, 1.165) is 26.3 Å². The average molecular weight is 148 g/mol. The molecule has 0 aromatic heterocycles. The maximum atomic E-state index is 10.1. The summed E-state index contributed by atoms with van der Waals surface area (Å²) >= 11 is 0. The van der Waals surface area contributed by atoms with Crippen molar-refractivity contribution in [2.45, 2.75) is 0 Å². The summed E-state index contributed by atoms with van der Waals surface area (Å²) in [4.78, 5) is 2.15. The maximum Gasteiger partial charge on any atom is 0.340 e. The standard InChI is InChI=1S/C5H10NO2P/c7-9-5-6-1-3-8-4-2-6/h1-5H2/p+1. The summed E-state index contributed by atoms with van der Waals surface area (Å²) in [5.41, 5.74) is 0. The Hall–Kier alpha value is 0.0200. The Balaban J connectivity index is 2.15. The molecule has 1 unspecified atom stereocenters. The third-order valence-corrected chi connectivity index (χ3v) is 1.97. The highest BCUT2D eigenvalue weighted by Gasteiger charge is 2.11. The van der Waals surface area contributed by atoms with Crippen LogP contribution in [0.25, 0.3) is 0 Å². The molecular formula is C5H11NO2P+. The van der Waals surface area contributed by atoms with Crippen LogP contribution in [-0.4, -0.2) is 37.5 Å². The Morgan fingerprint density at radius 2 is 2.11 bits per heavy atom. The van der Waals surface area contributed by atoms with Gasteiger partial charge in [0.2, 0.25) is 0 Å². The monoisotopic (exact) mass is 148 g/mol. The molecule has 52 valence electrons. The molecular weight excluding hydrogens is 137 g/mol. The molecule has 0 amide bonds. The molecule has 0 aromatic carbocycles. The minimum absolute atomic E-state index is 0.191. The first-order valence-corrected chi connectivity index (χ1v) is 4.20. The van der Waals surface area contributed by atoms with Gasteiger partial charge in [0.25, 0.3) is 0 Å². The van der Waals surface area contributed by atoms with Gasteiger partial charge in [-0.15, -0.1) is 0 Å². The Bertz CT molecular complexity index is 93.0. The summed E-state index contributed by atoms with van der Waals surface area (Å²) in [6, 6.07) is 0. The zero-order valence-electron chi connectivity index (χ0n) is 5.30. The van der Waals surface area contributed by atoms with Gasteiger partial charge in [-0.3, -0.25) is 4.90 Å². The van der Waals surface area contributed by atoms with Crippen molar-refractivity contribution in [1.82, 2.24) is 4.90 Å². The molecule has 0 saturated carbocycles. The molecule has 4 heteroatoms. The second kappa shape index (κ2) is 3.94. The van der Waals surface area contributed by atoms with E-state index in [1.807, 2.05) is 0 Å². The van der Waals surface area contributed by atoms with E-state index in [2.05, 4.69) is 4.90 Å². The van der Waals surface area contributed by atoms with E-state index in [-0.39, 0.29) is 8.46 Å². The molecule has 1 aliphatic heterocycles. The summed E-state index contributed by atoms with van der Waals surface area (Å²) in [5, 5.41) is 0. The third-order valence-electron chi connectivity index (χ3n) is 1.39. The minimum atomic E-state index is -0.191. The molecule has 0 N–H and O–H groups in total. The fourth-order valence-corrected chi connectivity index (χ4v) is 1.35. The number of ether oxygens (including phenoxy) is 1. The summed E-state index contributed by atoms with van der Waals surface area (Å²) in [7, 11) is -0.191. The van der Waals surface area contributed by atoms with Crippen molar-refractivity contribution in [2.75, 3.05) is 32.6 Å². The SMILES string of the molecule is O=[PH+]CN1CCOCC1. The highest BCUT2D eigenvalue weighted by Crippen LogP contribution is 2.01. The molecule has 1 aliphatic rings. The molecule has 1 rings (SSSR count). The molecule has 1 atom stereocenters. The topological polar surface area (TPSA) is 29.5 Å². The molecule has 0 aromatic rings. The van der Waals surface area contributed by atoms with Crippen LogP contribution in [0.2, 0.25) is 0 Å². The Kier molecular flexibility index (Phi) is 3.12. The lowest BCUT2D eigenvalue weighted by atomic mass is 10.5. The molecule has 1 saturated heterocycles. The van der Waals surface area contributed by atoms with Gasteiger partial charge in [-0.2, -0.15) is 0 Å². The summed E-state index contributed by atoms with van der Waals surface area (Å²) in [5.74, 6) is 0. The zero-order valence-corrected chi connectivity index (χ0v) is 6.30. The highest BCUT2D eigenvalue weighted by atomic mass is 31.1. The Morgan fingerprint density at radius 1 is 1.44 bits per heavy atom. The average Bonchev–Trinajstić information content (AvgIpc) is 1.91. The fraction of sp³-hybridized carbons (Fsp3) is 1.00. The van der Waals surface area contributed by atoms with Crippen LogP contribution in [0, 0.1) is 0 Å². The predicted molar refractivity (Wildman–Crippen MR) is 36.3 cm³/mol. The van der Waals surface area contributed by atoms with Crippen molar-refractivity contribution >= 4 is 8.46 Å². The van der Waals surface area contributed by atoms with E-state index >= 15 is 0 Å². The number of hydrogen-bond acceptors (Lipinski definition) is 3. The third kappa shape index (κ3) is 2.39. The second-order valence-electron chi connectivity index (χ2n) is 2.03. The van der Waals surface area contributed by atoms with Crippen LogP contribution in [0.1, 0.15) is 0 Å². The van der Waals surface area contributed by atoms with Crippen molar-refractivity contribution in [3.05, 3.63) is 0 Å². The number of morpholine rings is 1. The van der Waals surface area contributed by atoms with Crippen molar-refractivity contribution < 1.29 is 9.30 Å². The van der Waals surface area contributed by atoms with Crippen LogP contribution in [0.4, 0.5) is 0 Å². The summed E-state index contributed by atoms with van der Waals surface area (Å²) < 4.78 is 15.2. The van der Waals surface area contributed by atoms with Gasteiger partial charge in [0.15, 0.2) is 6.29 Å². The lowest BCUT2D eigenvalue weighted by Crippen LogP contribution is -2.35. The van der Waals surface area contributed by atoms with E-state index in [0.29, 0.717) is 6.29 Å². The van der Waals surface area contributed by atoms with E-state index in [1.54, 1.807) is 0 Å². The second-order valence-corrected chi connectivity index (χ2v) is 2.64. The molecule has 1 fully saturated rings. The van der Waals surface area contributed by atoms with E-state index in [1.165, 1.54) is 0 Å². The Morgan fingerprint density at radius 3 is 2.67 bits per heavy atom. The molecule has 0 spiro atoms. The van der Waals surface area contributed by atoms with Gasteiger partial charge in [-0.25, -0.2) is 0 Å². The quantitative estimate of drug-likeness (QED) is 0.527. The maximum absolute atomic E-state index is 10.1. The van der Waals surface area contributed by atoms with Crippen LogP contribution < -0.4 is 0 Å². The fourth-order valence-electron chi connectivity index (χ4n) is 0.851. The van der Waals surface area contributed by atoms with E-state index in [9.17, 15) is 4.57 Å². The van der Waals surface area contributed by atoms with Crippen molar-refractivity contribution in [3.8, 4) is 0 Å². The lowest BCUT2D eigenvalue weighted by molar-refractivity contribution is 0.0468. The van der Waals surface area contributed by atoms with Crippen LogP contribution in [0.5, 0.6) is 0 Å². The van der Waals surface area contributed by atoms with E-state index < -0.39 is 0 Å². The molecule has 0 radical (unpaired) electrons. The molecule has 0 bridgehead atoms. The first-order valence-electron chi connectivity index (χ1n) is 3.08. The summed E-state index contributed by atoms with van der Waals surface area (Å²) in [6.07, 6.45) is 0.712. The van der Waals surface area contributed by atoms with Crippen LogP contribution >= 0.6 is 8.46 Å². The molecule has 3 nitrogen and oxygen atoms in total. The largest absolute Gasteiger partial charge is 0.379 e. The number of hydrogen-bond donors (Lipinski definition) is 0. The van der Waals surface area contributed by atoms with Crippen LogP contribution in [-0.2, 0) is 9.30 Å². The summed E-state index contributed by atoms with van der Waals surface area (Å²) in [6.45, 7) is 3.47. The van der Waals surface area contributed by atoms with Crippen molar-refractivity contribution in [3.63, 3.8) is 0 Å². The minimum Gasteiger partial charge on any atom is -0.379 e. The van der Waals surface area contributed by atoms with Crippen LogP contribution in [0.15, 0.2) is 0 Å². The van der Waals surface area contributed by atoms with Gasteiger partial charge >= 0.3 is 8.46 Å². The number of rotatable bonds is 2. The predicted octanol–water partition coefficient (Wildman–Crippen LogP) is 0.300. The van der Waals surface area contributed by atoms with Gasteiger partial charge in [0.05, 0.1) is 13.2 Å². The van der Waals surface area contributed by atoms with E-state index in [4.69, 9.17) is 4.74 Å².